The van der Waals surface area contributed by atoms with E-state index in [1.807, 2.05) is 0 Å². The van der Waals surface area contributed by atoms with E-state index in [4.69, 9.17) is 0 Å². The van der Waals surface area contributed by atoms with Crippen LogP contribution in [0.15, 0.2) is 65.2 Å². The molecule has 0 radical (unpaired) electrons. The van der Waals surface area contributed by atoms with E-state index < -0.39 is 0 Å². The molecule has 2 aromatic rings. The van der Waals surface area contributed by atoms with Gasteiger partial charge in [0, 0.05) is 24.2 Å². The molecule has 1 unspecified atom stereocenters. The van der Waals surface area contributed by atoms with Crippen LogP contribution in [-0.4, -0.2) is 12.8 Å². The Hall–Kier alpha value is -2.15. The van der Waals surface area contributed by atoms with Gasteiger partial charge >= 0.3 is 0 Å². The third-order valence-electron chi connectivity index (χ3n) is 4.23. The second-order valence-electron chi connectivity index (χ2n) is 5.97. The number of fused-ring (bicyclic) bond motifs is 1. The van der Waals surface area contributed by atoms with Crippen molar-refractivity contribution in [1.82, 2.24) is 0 Å². The number of unbranched alkanes of at least 4 members (excludes halogenated alkanes) is 1. The Morgan fingerprint density at radius 2 is 2.00 bits per heavy atom. The monoisotopic (exact) mass is 289 g/mol. The molecule has 1 atom stereocenters. The zero-order chi connectivity index (χ0) is 15.4. The topological polar surface area (TPSA) is 12.4 Å². The lowest BCUT2D eigenvalue weighted by molar-refractivity contribution is 0.810. The predicted octanol–water partition coefficient (Wildman–Crippen LogP) is 5.66. The highest BCUT2D eigenvalue weighted by molar-refractivity contribution is 6.01. The first kappa shape index (κ1) is 14.8. The summed E-state index contributed by atoms with van der Waals surface area (Å²) in [5.74, 6) is 0.372. The van der Waals surface area contributed by atoms with Gasteiger partial charge in [0.2, 0.25) is 0 Å². The molecule has 2 aromatic carbocycles. The van der Waals surface area contributed by atoms with Crippen LogP contribution in [0, 0.1) is 0 Å². The molecule has 112 valence electrons. The first-order valence-corrected chi connectivity index (χ1v) is 8.17. The molecule has 0 fully saturated rings. The quantitative estimate of drug-likeness (QED) is 0.497. The molecule has 1 aliphatic carbocycles. The SMILES string of the molecule is CCCCN=Cc1c(C2C=CC(C)=C2)ccc2ccccc12. The van der Waals surface area contributed by atoms with Gasteiger partial charge in [-0.05, 0) is 29.7 Å². The van der Waals surface area contributed by atoms with Crippen molar-refractivity contribution in [3.63, 3.8) is 0 Å². The summed E-state index contributed by atoms with van der Waals surface area (Å²) in [4.78, 5) is 4.66. The number of aliphatic imine (C=N–C) groups is 1. The van der Waals surface area contributed by atoms with E-state index >= 15 is 0 Å². The van der Waals surface area contributed by atoms with Crippen LogP contribution in [-0.2, 0) is 0 Å². The van der Waals surface area contributed by atoms with Crippen molar-refractivity contribution in [3.8, 4) is 0 Å². The van der Waals surface area contributed by atoms with E-state index in [0.29, 0.717) is 5.92 Å². The normalized spacial score (nSPS) is 17.5. The van der Waals surface area contributed by atoms with E-state index in [0.717, 1.165) is 13.0 Å². The molecule has 0 spiro atoms. The van der Waals surface area contributed by atoms with Crippen molar-refractivity contribution < 1.29 is 0 Å². The molecular weight excluding hydrogens is 266 g/mol. The average molecular weight is 289 g/mol. The van der Waals surface area contributed by atoms with E-state index in [-0.39, 0.29) is 0 Å². The summed E-state index contributed by atoms with van der Waals surface area (Å²) < 4.78 is 0. The van der Waals surface area contributed by atoms with Crippen molar-refractivity contribution >= 4 is 17.0 Å². The minimum atomic E-state index is 0.372. The van der Waals surface area contributed by atoms with Crippen molar-refractivity contribution in [3.05, 3.63) is 71.3 Å². The Bertz CT molecular complexity index is 750. The molecule has 0 heterocycles. The van der Waals surface area contributed by atoms with Gasteiger partial charge in [0.05, 0.1) is 0 Å². The molecule has 0 amide bonds. The van der Waals surface area contributed by atoms with Crippen LogP contribution in [0.2, 0.25) is 0 Å². The number of rotatable bonds is 5. The van der Waals surface area contributed by atoms with Crippen molar-refractivity contribution in [2.24, 2.45) is 4.99 Å². The predicted molar refractivity (Wildman–Crippen MR) is 97.0 cm³/mol. The maximum atomic E-state index is 4.66. The van der Waals surface area contributed by atoms with Crippen molar-refractivity contribution in [2.75, 3.05) is 6.54 Å². The summed E-state index contributed by atoms with van der Waals surface area (Å²) >= 11 is 0. The zero-order valence-corrected chi connectivity index (χ0v) is 13.4. The lowest BCUT2D eigenvalue weighted by atomic mass is 9.91. The number of hydrogen-bond donors (Lipinski definition) is 0. The van der Waals surface area contributed by atoms with Gasteiger partial charge in [-0.15, -0.1) is 0 Å². The van der Waals surface area contributed by atoms with Gasteiger partial charge in [0.1, 0.15) is 0 Å². The molecule has 1 nitrogen and oxygen atoms in total. The number of allylic oxidation sites excluding steroid dienone is 4. The molecule has 0 aliphatic heterocycles. The third kappa shape index (κ3) is 3.04. The van der Waals surface area contributed by atoms with Crippen LogP contribution in [0.25, 0.3) is 10.8 Å². The minimum absolute atomic E-state index is 0.372. The number of nitrogens with zero attached hydrogens (tertiary/aromatic N) is 1. The summed E-state index contributed by atoms with van der Waals surface area (Å²) in [5.41, 5.74) is 3.97. The lowest BCUT2D eigenvalue weighted by Gasteiger charge is -2.13. The van der Waals surface area contributed by atoms with Crippen LogP contribution >= 0.6 is 0 Å². The summed E-state index contributed by atoms with van der Waals surface area (Å²) in [6.45, 7) is 5.27. The van der Waals surface area contributed by atoms with Crippen LogP contribution in [0.3, 0.4) is 0 Å². The number of benzene rings is 2. The largest absolute Gasteiger partial charge is 0.293 e. The lowest BCUT2D eigenvalue weighted by Crippen LogP contribution is -1.98. The summed E-state index contributed by atoms with van der Waals surface area (Å²) in [6.07, 6.45) is 11.2. The Morgan fingerprint density at radius 3 is 2.77 bits per heavy atom. The smallest absolute Gasteiger partial charge is 0.0389 e. The summed E-state index contributed by atoms with van der Waals surface area (Å²) in [6, 6.07) is 13.1. The van der Waals surface area contributed by atoms with E-state index in [1.54, 1.807) is 0 Å². The van der Waals surface area contributed by atoms with Crippen LogP contribution < -0.4 is 0 Å². The molecule has 22 heavy (non-hydrogen) atoms. The molecule has 0 saturated heterocycles. The molecule has 1 heteroatoms. The highest BCUT2D eigenvalue weighted by Gasteiger charge is 2.15. The maximum Gasteiger partial charge on any atom is 0.0389 e. The standard InChI is InChI=1S/C21H23N/c1-3-4-13-22-15-21-19-8-6-5-7-17(19)11-12-20(21)18-10-9-16(2)14-18/h5-12,14-15,18H,3-4,13H2,1-2H3. The molecule has 0 bridgehead atoms. The Labute approximate surface area is 133 Å². The van der Waals surface area contributed by atoms with Gasteiger partial charge in [-0.2, -0.15) is 0 Å². The summed E-state index contributed by atoms with van der Waals surface area (Å²) in [7, 11) is 0. The number of hydrogen-bond acceptors (Lipinski definition) is 1. The Morgan fingerprint density at radius 1 is 1.14 bits per heavy atom. The zero-order valence-electron chi connectivity index (χ0n) is 13.4. The van der Waals surface area contributed by atoms with Gasteiger partial charge in [0.15, 0.2) is 0 Å². The van der Waals surface area contributed by atoms with E-state index in [9.17, 15) is 0 Å². The first-order valence-electron chi connectivity index (χ1n) is 8.17. The third-order valence-corrected chi connectivity index (χ3v) is 4.23. The minimum Gasteiger partial charge on any atom is -0.293 e. The highest BCUT2D eigenvalue weighted by atomic mass is 14.7. The summed E-state index contributed by atoms with van der Waals surface area (Å²) in [5, 5.41) is 2.58. The Kier molecular flexibility index (Phi) is 4.53. The fourth-order valence-electron chi connectivity index (χ4n) is 3.00. The van der Waals surface area contributed by atoms with Crippen LogP contribution in [0.1, 0.15) is 43.7 Å². The van der Waals surface area contributed by atoms with E-state index in [2.05, 4.69) is 79.7 Å². The Balaban J connectivity index is 2.07. The van der Waals surface area contributed by atoms with Crippen molar-refractivity contribution in [1.29, 1.82) is 0 Å². The molecule has 0 saturated carbocycles. The maximum absolute atomic E-state index is 4.66. The van der Waals surface area contributed by atoms with Crippen LogP contribution in [0.5, 0.6) is 0 Å². The molecule has 1 aliphatic rings. The van der Waals surface area contributed by atoms with Gasteiger partial charge in [-0.1, -0.05) is 73.5 Å². The van der Waals surface area contributed by atoms with Gasteiger partial charge in [-0.3, -0.25) is 4.99 Å². The van der Waals surface area contributed by atoms with E-state index in [1.165, 1.54) is 33.9 Å². The second-order valence-corrected chi connectivity index (χ2v) is 5.97. The first-order chi connectivity index (χ1) is 10.8. The van der Waals surface area contributed by atoms with Crippen LogP contribution in [0.4, 0.5) is 0 Å². The second kappa shape index (κ2) is 6.74. The van der Waals surface area contributed by atoms with Gasteiger partial charge < -0.3 is 0 Å². The average Bonchev–Trinajstić information content (AvgIpc) is 2.97. The van der Waals surface area contributed by atoms with Gasteiger partial charge in [-0.25, -0.2) is 0 Å². The van der Waals surface area contributed by atoms with Crippen molar-refractivity contribution in [2.45, 2.75) is 32.6 Å². The highest BCUT2D eigenvalue weighted by Crippen LogP contribution is 2.32. The molecular formula is C21H23N. The molecule has 3 rings (SSSR count). The molecule has 0 N–H and O–H groups in total. The fourth-order valence-corrected chi connectivity index (χ4v) is 3.00. The molecule has 0 aromatic heterocycles. The van der Waals surface area contributed by atoms with Gasteiger partial charge in [0.25, 0.3) is 0 Å². The fraction of sp³-hybridized carbons (Fsp3) is 0.286.